The largest absolute Gasteiger partial charge is 0.126 e. The Bertz CT molecular complexity index is 254. The Kier molecular flexibility index (Phi) is 5.42. The standard InChI is InChI=1S/C12H17ClS/c1-10(2)4-3-9-14-12-7-5-11(13)6-8-12/h5-8,10H,3-4,9H2,1-2H3. The van der Waals surface area contributed by atoms with Crippen LogP contribution in [-0.2, 0) is 0 Å². The van der Waals surface area contributed by atoms with Gasteiger partial charge in [0.2, 0.25) is 0 Å². The number of rotatable bonds is 5. The van der Waals surface area contributed by atoms with Crippen LogP contribution in [0.2, 0.25) is 5.02 Å². The molecular weight excluding hydrogens is 212 g/mol. The summed E-state index contributed by atoms with van der Waals surface area (Å²) >= 11 is 7.72. The molecule has 0 amide bonds. The van der Waals surface area contributed by atoms with E-state index in [2.05, 4.69) is 26.0 Å². The molecule has 78 valence electrons. The molecule has 0 radical (unpaired) electrons. The van der Waals surface area contributed by atoms with Crippen LogP contribution < -0.4 is 0 Å². The number of benzene rings is 1. The van der Waals surface area contributed by atoms with E-state index in [1.165, 1.54) is 23.5 Å². The molecule has 0 unspecified atom stereocenters. The molecular formula is C12H17ClS. The van der Waals surface area contributed by atoms with Crippen LogP contribution >= 0.6 is 23.4 Å². The Labute approximate surface area is 96.0 Å². The second-order valence-electron chi connectivity index (χ2n) is 3.84. The third-order valence-corrected chi connectivity index (χ3v) is 3.36. The molecule has 0 bridgehead atoms. The first-order valence-corrected chi connectivity index (χ1v) is 6.43. The summed E-state index contributed by atoms with van der Waals surface area (Å²) in [7, 11) is 0. The molecule has 0 N–H and O–H groups in total. The van der Waals surface area contributed by atoms with Gasteiger partial charge in [0.05, 0.1) is 0 Å². The lowest BCUT2D eigenvalue weighted by atomic mass is 10.1. The van der Waals surface area contributed by atoms with Crippen molar-refractivity contribution >= 4 is 23.4 Å². The molecule has 1 rings (SSSR count). The van der Waals surface area contributed by atoms with E-state index in [-0.39, 0.29) is 0 Å². The van der Waals surface area contributed by atoms with Crippen molar-refractivity contribution in [3.05, 3.63) is 29.3 Å². The van der Waals surface area contributed by atoms with E-state index in [1.807, 2.05) is 23.9 Å². The van der Waals surface area contributed by atoms with Gasteiger partial charge in [0, 0.05) is 9.92 Å². The molecule has 0 aliphatic heterocycles. The van der Waals surface area contributed by atoms with Crippen molar-refractivity contribution in [2.24, 2.45) is 5.92 Å². The molecule has 14 heavy (non-hydrogen) atoms. The van der Waals surface area contributed by atoms with Crippen LogP contribution in [0.25, 0.3) is 0 Å². The topological polar surface area (TPSA) is 0 Å². The second kappa shape index (κ2) is 6.36. The molecule has 0 fully saturated rings. The van der Waals surface area contributed by atoms with Crippen LogP contribution in [0.5, 0.6) is 0 Å². The van der Waals surface area contributed by atoms with Crippen LogP contribution in [-0.4, -0.2) is 5.75 Å². The van der Waals surface area contributed by atoms with Crippen molar-refractivity contribution in [2.75, 3.05) is 5.75 Å². The molecule has 0 saturated heterocycles. The van der Waals surface area contributed by atoms with Crippen LogP contribution in [0, 0.1) is 5.92 Å². The van der Waals surface area contributed by atoms with Crippen molar-refractivity contribution in [1.29, 1.82) is 0 Å². The van der Waals surface area contributed by atoms with Crippen LogP contribution in [0.3, 0.4) is 0 Å². The monoisotopic (exact) mass is 228 g/mol. The number of hydrogen-bond acceptors (Lipinski definition) is 1. The van der Waals surface area contributed by atoms with Crippen molar-refractivity contribution in [2.45, 2.75) is 31.6 Å². The van der Waals surface area contributed by atoms with Gasteiger partial charge < -0.3 is 0 Å². The van der Waals surface area contributed by atoms with E-state index in [4.69, 9.17) is 11.6 Å². The maximum absolute atomic E-state index is 5.81. The predicted octanol–water partition coefficient (Wildman–Crippen LogP) is 4.87. The van der Waals surface area contributed by atoms with Crippen LogP contribution in [0.1, 0.15) is 26.7 Å². The Balaban J connectivity index is 2.21. The Morgan fingerprint density at radius 3 is 2.43 bits per heavy atom. The summed E-state index contributed by atoms with van der Waals surface area (Å²) < 4.78 is 0. The molecule has 0 atom stereocenters. The van der Waals surface area contributed by atoms with Crippen molar-refractivity contribution in [3.63, 3.8) is 0 Å². The lowest BCUT2D eigenvalue weighted by molar-refractivity contribution is 0.579. The summed E-state index contributed by atoms with van der Waals surface area (Å²) in [6.07, 6.45) is 2.62. The number of halogens is 1. The van der Waals surface area contributed by atoms with Crippen molar-refractivity contribution < 1.29 is 0 Å². The lowest BCUT2D eigenvalue weighted by Crippen LogP contribution is -1.88. The van der Waals surface area contributed by atoms with E-state index in [1.54, 1.807) is 0 Å². The second-order valence-corrected chi connectivity index (χ2v) is 5.44. The number of thioether (sulfide) groups is 1. The maximum Gasteiger partial charge on any atom is 0.0406 e. The zero-order valence-corrected chi connectivity index (χ0v) is 10.4. The minimum Gasteiger partial charge on any atom is -0.126 e. The van der Waals surface area contributed by atoms with Gasteiger partial charge in [0.1, 0.15) is 0 Å². The first kappa shape index (κ1) is 11.9. The Hall–Kier alpha value is -0.140. The summed E-state index contributed by atoms with van der Waals surface area (Å²) in [5, 5.41) is 0.816. The molecule has 0 aromatic heterocycles. The molecule has 1 aromatic carbocycles. The Morgan fingerprint density at radius 2 is 1.86 bits per heavy atom. The van der Waals surface area contributed by atoms with Crippen molar-refractivity contribution in [3.8, 4) is 0 Å². The molecule has 0 aliphatic rings. The van der Waals surface area contributed by atoms with Gasteiger partial charge in [-0.25, -0.2) is 0 Å². The van der Waals surface area contributed by atoms with Crippen molar-refractivity contribution in [1.82, 2.24) is 0 Å². The molecule has 0 heterocycles. The van der Waals surface area contributed by atoms with E-state index in [0.29, 0.717) is 0 Å². The fourth-order valence-electron chi connectivity index (χ4n) is 1.21. The first-order chi connectivity index (χ1) is 6.68. The van der Waals surface area contributed by atoms with Gasteiger partial charge in [0.25, 0.3) is 0 Å². The van der Waals surface area contributed by atoms with Gasteiger partial charge in [-0.05, 0) is 42.4 Å². The summed E-state index contributed by atoms with van der Waals surface area (Å²) in [5.74, 6) is 2.03. The Morgan fingerprint density at radius 1 is 1.21 bits per heavy atom. The minimum atomic E-state index is 0.816. The van der Waals surface area contributed by atoms with Gasteiger partial charge in [-0.15, -0.1) is 11.8 Å². The first-order valence-electron chi connectivity index (χ1n) is 5.07. The summed E-state index contributed by atoms with van der Waals surface area (Å²) in [6, 6.07) is 8.07. The highest BCUT2D eigenvalue weighted by Crippen LogP contribution is 2.21. The summed E-state index contributed by atoms with van der Waals surface area (Å²) in [4.78, 5) is 1.32. The highest BCUT2D eigenvalue weighted by Gasteiger charge is 1.96. The van der Waals surface area contributed by atoms with Crippen LogP contribution in [0.15, 0.2) is 29.2 Å². The smallest absolute Gasteiger partial charge is 0.0406 e. The summed E-state index contributed by atoms with van der Waals surface area (Å²) in [5.41, 5.74) is 0. The number of hydrogen-bond donors (Lipinski definition) is 0. The normalized spacial score (nSPS) is 10.9. The molecule has 0 aliphatic carbocycles. The molecule has 0 spiro atoms. The SMILES string of the molecule is CC(C)CCCSc1ccc(Cl)cc1. The molecule has 0 nitrogen and oxygen atoms in total. The fraction of sp³-hybridized carbons (Fsp3) is 0.500. The zero-order chi connectivity index (χ0) is 10.4. The third-order valence-electron chi connectivity index (χ3n) is 2.01. The highest BCUT2D eigenvalue weighted by molar-refractivity contribution is 7.99. The average Bonchev–Trinajstić information content (AvgIpc) is 2.15. The highest BCUT2D eigenvalue weighted by atomic mass is 35.5. The van der Waals surface area contributed by atoms with E-state index < -0.39 is 0 Å². The van der Waals surface area contributed by atoms with E-state index in [9.17, 15) is 0 Å². The van der Waals surface area contributed by atoms with E-state index in [0.717, 1.165) is 10.9 Å². The van der Waals surface area contributed by atoms with Gasteiger partial charge in [-0.3, -0.25) is 0 Å². The third kappa shape index (κ3) is 4.92. The van der Waals surface area contributed by atoms with Gasteiger partial charge in [-0.1, -0.05) is 31.9 Å². The van der Waals surface area contributed by atoms with Gasteiger partial charge in [0.15, 0.2) is 0 Å². The van der Waals surface area contributed by atoms with Gasteiger partial charge >= 0.3 is 0 Å². The van der Waals surface area contributed by atoms with Crippen LogP contribution in [0.4, 0.5) is 0 Å². The maximum atomic E-state index is 5.81. The van der Waals surface area contributed by atoms with E-state index >= 15 is 0 Å². The summed E-state index contributed by atoms with van der Waals surface area (Å²) in [6.45, 7) is 4.54. The predicted molar refractivity (Wildman–Crippen MR) is 66.2 cm³/mol. The molecule has 1 aromatic rings. The van der Waals surface area contributed by atoms with Gasteiger partial charge in [-0.2, -0.15) is 0 Å². The zero-order valence-electron chi connectivity index (χ0n) is 8.79. The average molecular weight is 229 g/mol. The molecule has 0 saturated carbocycles. The lowest BCUT2D eigenvalue weighted by Gasteiger charge is -2.04. The quantitative estimate of drug-likeness (QED) is 0.512. The fourth-order valence-corrected chi connectivity index (χ4v) is 2.21. The minimum absolute atomic E-state index is 0.816. The molecule has 2 heteroatoms.